The van der Waals surface area contributed by atoms with Crippen LogP contribution in [0, 0.1) is 5.82 Å². The van der Waals surface area contributed by atoms with Crippen LogP contribution in [0.25, 0.3) is 10.9 Å². The summed E-state index contributed by atoms with van der Waals surface area (Å²) >= 11 is 6.18. The van der Waals surface area contributed by atoms with Gasteiger partial charge >= 0.3 is 0 Å². The maximum atomic E-state index is 13.2. The summed E-state index contributed by atoms with van der Waals surface area (Å²) in [5.74, 6) is -0.320. The van der Waals surface area contributed by atoms with E-state index < -0.39 is 6.10 Å². The Morgan fingerprint density at radius 1 is 1.50 bits per heavy atom. The van der Waals surface area contributed by atoms with Crippen molar-refractivity contribution in [1.29, 1.82) is 0 Å². The first kappa shape index (κ1) is 11.4. The molecule has 2 aromatic rings. The fourth-order valence-corrected chi connectivity index (χ4v) is 2.50. The van der Waals surface area contributed by atoms with E-state index in [0.717, 1.165) is 5.52 Å². The standard InChI is InChI=1S/C12H13ClFNO/c1-3-15-10-5-4-8(14)6-9(10)11(7(2)16)12(15)13/h4-7,16H,3H2,1-2H3. The van der Waals surface area contributed by atoms with Crippen molar-refractivity contribution >= 4 is 22.5 Å². The number of fused-ring (bicyclic) bond motifs is 1. The quantitative estimate of drug-likeness (QED) is 0.855. The van der Waals surface area contributed by atoms with Gasteiger partial charge in [0, 0.05) is 23.0 Å². The monoisotopic (exact) mass is 241 g/mol. The Balaban J connectivity index is 2.86. The van der Waals surface area contributed by atoms with Gasteiger partial charge in [0.05, 0.1) is 6.10 Å². The maximum Gasteiger partial charge on any atom is 0.123 e. The Labute approximate surface area is 98.3 Å². The number of aryl methyl sites for hydroxylation is 1. The van der Waals surface area contributed by atoms with E-state index >= 15 is 0 Å². The van der Waals surface area contributed by atoms with Crippen LogP contribution in [0.1, 0.15) is 25.5 Å². The summed E-state index contributed by atoms with van der Waals surface area (Å²) in [6.45, 7) is 4.28. The number of hydrogen-bond acceptors (Lipinski definition) is 1. The summed E-state index contributed by atoms with van der Waals surface area (Å²) < 4.78 is 15.1. The van der Waals surface area contributed by atoms with Crippen LogP contribution in [0.15, 0.2) is 18.2 Å². The van der Waals surface area contributed by atoms with Crippen molar-refractivity contribution in [1.82, 2.24) is 4.57 Å². The Morgan fingerprint density at radius 2 is 2.19 bits per heavy atom. The molecule has 1 atom stereocenters. The van der Waals surface area contributed by atoms with E-state index in [4.69, 9.17) is 11.6 Å². The van der Waals surface area contributed by atoms with Crippen LogP contribution in [0.4, 0.5) is 4.39 Å². The van der Waals surface area contributed by atoms with Crippen molar-refractivity contribution < 1.29 is 9.50 Å². The zero-order chi connectivity index (χ0) is 11.9. The van der Waals surface area contributed by atoms with E-state index in [1.165, 1.54) is 12.1 Å². The highest BCUT2D eigenvalue weighted by Gasteiger charge is 2.18. The van der Waals surface area contributed by atoms with Crippen LogP contribution in [0.3, 0.4) is 0 Å². The summed E-state index contributed by atoms with van der Waals surface area (Å²) in [5.41, 5.74) is 1.45. The number of aliphatic hydroxyl groups excluding tert-OH is 1. The Hall–Kier alpha value is -1.06. The van der Waals surface area contributed by atoms with Crippen molar-refractivity contribution in [3.05, 3.63) is 34.7 Å². The summed E-state index contributed by atoms with van der Waals surface area (Å²) in [7, 11) is 0. The van der Waals surface area contributed by atoms with Crippen molar-refractivity contribution in [2.45, 2.75) is 26.5 Å². The van der Waals surface area contributed by atoms with Gasteiger partial charge in [0.1, 0.15) is 11.0 Å². The molecule has 0 saturated heterocycles. The van der Waals surface area contributed by atoms with Gasteiger partial charge in [-0.15, -0.1) is 0 Å². The molecule has 0 radical (unpaired) electrons. The number of aliphatic hydroxyl groups is 1. The first-order chi connectivity index (χ1) is 7.56. The molecular weight excluding hydrogens is 229 g/mol. The lowest BCUT2D eigenvalue weighted by atomic mass is 10.1. The van der Waals surface area contributed by atoms with Crippen molar-refractivity contribution in [2.24, 2.45) is 0 Å². The highest BCUT2D eigenvalue weighted by Crippen LogP contribution is 2.34. The van der Waals surface area contributed by atoms with Gasteiger partial charge in [-0.2, -0.15) is 0 Å². The first-order valence-electron chi connectivity index (χ1n) is 5.21. The summed E-state index contributed by atoms with van der Waals surface area (Å²) in [5, 5.41) is 10.8. The van der Waals surface area contributed by atoms with Gasteiger partial charge in [-0.25, -0.2) is 4.39 Å². The van der Waals surface area contributed by atoms with E-state index in [1.54, 1.807) is 13.0 Å². The third-order valence-electron chi connectivity index (χ3n) is 2.73. The fraction of sp³-hybridized carbons (Fsp3) is 0.333. The van der Waals surface area contributed by atoms with E-state index in [2.05, 4.69) is 0 Å². The topological polar surface area (TPSA) is 25.2 Å². The van der Waals surface area contributed by atoms with E-state index in [-0.39, 0.29) is 5.82 Å². The predicted octanol–water partition coefficient (Wildman–Crippen LogP) is 3.51. The summed E-state index contributed by atoms with van der Waals surface area (Å²) in [6, 6.07) is 4.50. The SMILES string of the molecule is CCn1c(Cl)c(C(C)O)c2cc(F)ccc21. The van der Waals surface area contributed by atoms with Gasteiger partial charge in [0.15, 0.2) is 0 Å². The van der Waals surface area contributed by atoms with Crippen LogP contribution in [0.5, 0.6) is 0 Å². The van der Waals surface area contributed by atoms with Gasteiger partial charge in [0.2, 0.25) is 0 Å². The molecule has 0 spiro atoms. The zero-order valence-electron chi connectivity index (χ0n) is 9.17. The van der Waals surface area contributed by atoms with Crippen molar-refractivity contribution in [3.8, 4) is 0 Å². The third kappa shape index (κ3) is 1.60. The number of aromatic nitrogens is 1. The lowest BCUT2D eigenvalue weighted by Crippen LogP contribution is -1.95. The molecule has 4 heteroatoms. The Morgan fingerprint density at radius 3 is 2.75 bits per heavy atom. The van der Waals surface area contributed by atoms with E-state index in [0.29, 0.717) is 22.6 Å². The highest BCUT2D eigenvalue weighted by atomic mass is 35.5. The molecule has 0 aliphatic rings. The molecule has 1 heterocycles. The molecule has 1 N–H and O–H groups in total. The molecule has 0 saturated carbocycles. The number of hydrogen-bond donors (Lipinski definition) is 1. The van der Waals surface area contributed by atoms with Crippen LogP contribution in [-0.2, 0) is 6.54 Å². The zero-order valence-corrected chi connectivity index (χ0v) is 9.92. The van der Waals surface area contributed by atoms with Crippen LogP contribution in [0.2, 0.25) is 5.15 Å². The molecule has 0 amide bonds. The average Bonchev–Trinajstić information content (AvgIpc) is 2.48. The molecule has 2 rings (SSSR count). The number of rotatable bonds is 2. The average molecular weight is 242 g/mol. The molecule has 86 valence electrons. The van der Waals surface area contributed by atoms with Crippen LogP contribution >= 0.6 is 11.6 Å². The molecule has 1 unspecified atom stereocenters. The molecular formula is C12H13ClFNO. The van der Waals surface area contributed by atoms with Gasteiger partial charge in [-0.05, 0) is 32.0 Å². The van der Waals surface area contributed by atoms with Gasteiger partial charge < -0.3 is 9.67 Å². The first-order valence-corrected chi connectivity index (χ1v) is 5.59. The molecule has 2 nitrogen and oxygen atoms in total. The second kappa shape index (κ2) is 4.07. The van der Waals surface area contributed by atoms with E-state index in [9.17, 15) is 9.50 Å². The molecule has 0 aliphatic carbocycles. The Bertz CT molecular complexity index is 533. The van der Waals surface area contributed by atoms with Crippen LogP contribution in [-0.4, -0.2) is 9.67 Å². The normalized spacial score (nSPS) is 13.3. The highest BCUT2D eigenvalue weighted by molar-refractivity contribution is 6.32. The fourth-order valence-electron chi connectivity index (χ4n) is 2.03. The minimum absolute atomic E-state index is 0.320. The minimum Gasteiger partial charge on any atom is -0.389 e. The molecule has 0 aliphatic heterocycles. The van der Waals surface area contributed by atoms with Gasteiger partial charge in [-0.1, -0.05) is 11.6 Å². The number of halogens is 2. The lowest BCUT2D eigenvalue weighted by molar-refractivity contribution is 0.200. The molecule has 0 fully saturated rings. The van der Waals surface area contributed by atoms with Crippen molar-refractivity contribution in [2.75, 3.05) is 0 Å². The van der Waals surface area contributed by atoms with Crippen LogP contribution < -0.4 is 0 Å². The molecule has 1 aromatic heterocycles. The smallest absolute Gasteiger partial charge is 0.123 e. The second-order valence-corrected chi connectivity index (χ2v) is 4.14. The summed E-state index contributed by atoms with van der Waals surface area (Å²) in [4.78, 5) is 0. The maximum absolute atomic E-state index is 13.2. The molecule has 16 heavy (non-hydrogen) atoms. The van der Waals surface area contributed by atoms with E-state index in [1.807, 2.05) is 11.5 Å². The van der Waals surface area contributed by atoms with Crippen molar-refractivity contribution in [3.63, 3.8) is 0 Å². The molecule has 1 aromatic carbocycles. The third-order valence-corrected chi connectivity index (χ3v) is 3.14. The predicted molar refractivity (Wildman–Crippen MR) is 63.2 cm³/mol. The number of nitrogens with zero attached hydrogens (tertiary/aromatic N) is 1. The summed E-state index contributed by atoms with van der Waals surface area (Å²) in [6.07, 6.45) is -0.704. The Kier molecular flexibility index (Phi) is 2.91. The molecule has 0 bridgehead atoms. The lowest BCUT2D eigenvalue weighted by Gasteiger charge is -2.04. The van der Waals surface area contributed by atoms with Gasteiger partial charge in [0.25, 0.3) is 0 Å². The largest absolute Gasteiger partial charge is 0.389 e. The minimum atomic E-state index is -0.704. The number of benzene rings is 1. The second-order valence-electron chi connectivity index (χ2n) is 3.79. The van der Waals surface area contributed by atoms with Gasteiger partial charge in [-0.3, -0.25) is 0 Å².